The minimum Gasteiger partial charge on any atom is -0.326 e. The van der Waals surface area contributed by atoms with E-state index in [0.29, 0.717) is 12.1 Å². The van der Waals surface area contributed by atoms with Crippen molar-refractivity contribution in [3.05, 3.63) is 0 Å². The number of nitrogens with two attached hydrogens (primary N) is 1. The van der Waals surface area contributed by atoms with Crippen LogP contribution in [0.4, 0.5) is 0 Å². The Morgan fingerprint density at radius 3 is 2.60 bits per heavy atom. The molecule has 0 aromatic carbocycles. The van der Waals surface area contributed by atoms with Crippen LogP contribution >= 0.6 is 0 Å². The molecular weight excluding hydrogens is 184 g/mol. The zero-order valence-corrected chi connectivity index (χ0v) is 10.3. The Morgan fingerprint density at radius 2 is 1.87 bits per heavy atom. The van der Waals surface area contributed by atoms with Crippen LogP contribution in [0.3, 0.4) is 0 Å². The highest BCUT2D eigenvalue weighted by atomic mass is 15.2. The summed E-state index contributed by atoms with van der Waals surface area (Å²) in [5.74, 6) is 1.76. The number of piperidine rings is 1. The molecule has 1 aliphatic heterocycles. The molecule has 0 radical (unpaired) electrons. The number of hydrogen-bond donors (Lipinski definition) is 1. The van der Waals surface area contributed by atoms with Crippen LogP contribution in [-0.4, -0.2) is 30.1 Å². The second-order valence-corrected chi connectivity index (χ2v) is 5.89. The van der Waals surface area contributed by atoms with Crippen molar-refractivity contribution in [1.29, 1.82) is 0 Å². The van der Waals surface area contributed by atoms with Gasteiger partial charge in [-0.05, 0) is 50.5 Å². The van der Waals surface area contributed by atoms with Gasteiger partial charge in [0.1, 0.15) is 0 Å². The number of nitrogens with zero attached hydrogens (tertiary/aromatic N) is 1. The SMILES string of the molecule is CC1CCC(N)C(N2CCCC(C)C2)C1. The first kappa shape index (κ1) is 11.4. The number of hydrogen-bond acceptors (Lipinski definition) is 2. The molecule has 1 aliphatic carbocycles. The summed E-state index contributed by atoms with van der Waals surface area (Å²) >= 11 is 0. The molecule has 15 heavy (non-hydrogen) atoms. The maximum absolute atomic E-state index is 6.28. The van der Waals surface area contributed by atoms with Crippen LogP contribution < -0.4 is 5.73 Å². The molecule has 1 saturated heterocycles. The highest BCUT2D eigenvalue weighted by Crippen LogP contribution is 2.29. The molecule has 2 rings (SSSR count). The summed E-state index contributed by atoms with van der Waals surface area (Å²) in [6.45, 7) is 7.33. The summed E-state index contributed by atoms with van der Waals surface area (Å²) in [5.41, 5.74) is 6.28. The van der Waals surface area contributed by atoms with Crippen LogP contribution in [-0.2, 0) is 0 Å². The zero-order chi connectivity index (χ0) is 10.8. The van der Waals surface area contributed by atoms with Gasteiger partial charge in [0.05, 0.1) is 0 Å². The van der Waals surface area contributed by atoms with Crippen LogP contribution in [0.25, 0.3) is 0 Å². The first-order valence-corrected chi connectivity index (χ1v) is 6.66. The summed E-state index contributed by atoms with van der Waals surface area (Å²) in [6.07, 6.45) is 6.68. The van der Waals surface area contributed by atoms with Gasteiger partial charge in [-0.2, -0.15) is 0 Å². The van der Waals surface area contributed by atoms with Crippen molar-refractivity contribution in [2.45, 2.75) is 58.0 Å². The van der Waals surface area contributed by atoms with E-state index in [0.717, 1.165) is 11.8 Å². The lowest BCUT2D eigenvalue weighted by Gasteiger charge is -2.43. The summed E-state index contributed by atoms with van der Waals surface area (Å²) in [4.78, 5) is 2.68. The normalized spacial score (nSPS) is 44.2. The molecule has 2 nitrogen and oxygen atoms in total. The average Bonchev–Trinajstić information content (AvgIpc) is 2.22. The molecule has 0 spiro atoms. The van der Waals surface area contributed by atoms with E-state index >= 15 is 0 Å². The lowest BCUT2D eigenvalue weighted by atomic mass is 9.82. The maximum Gasteiger partial charge on any atom is 0.0249 e. The fraction of sp³-hybridized carbons (Fsp3) is 1.00. The monoisotopic (exact) mass is 210 g/mol. The van der Waals surface area contributed by atoms with Gasteiger partial charge in [-0.15, -0.1) is 0 Å². The van der Waals surface area contributed by atoms with Gasteiger partial charge in [0, 0.05) is 18.6 Å². The molecule has 0 aromatic heterocycles. The van der Waals surface area contributed by atoms with Gasteiger partial charge in [-0.1, -0.05) is 13.8 Å². The van der Waals surface area contributed by atoms with E-state index < -0.39 is 0 Å². The topological polar surface area (TPSA) is 29.3 Å². The van der Waals surface area contributed by atoms with E-state index in [1.54, 1.807) is 0 Å². The molecule has 0 bridgehead atoms. The zero-order valence-electron chi connectivity index (χ0n) is 10.3. The molecule has 88 valence electrons. The number of likely N-dealkylation sites (tertiary alicyclic amines) is 1. The highest BCUT2D eigenvalue weighted by Gasteiger charge is 2.32. The highest BCUT2D eigenvalue weighted by molar-refractivity contribution is 4.90. The van der Waals surface area contributed by atoms with Crippen LogP contribution in [0.2, 0.25) is 0 Å². The van der Waals surface area contributed by atoms with Crippen molar-refractivity contribution in [2.24, 2.45) is 17.6 Å². The average molecular weight is 210 g/mol. The van der Waals surface area contributed by atoms with Gasteiger partial charge in [-0.3, -0.25) is 4.90 Å². The largest absolute Gasteiger partial charge is 0.326 e. The minimum atomic E-state index is 0.437. The molecule has 2 fully saturated rings. The molecule has 1 heterocycles. The third kappa shape index (κ3) is 2.73. The van der Waals surface area contributed by atoms with E-state index in [9.17, 15) is 0 Å². The Morgan fingerprint density at radius 1 is 1.07 bits per heavy atom. The van der Waals surface area contributed by atoms with E-state index in [-0.39, 0.29) is 0 Å². The van der Waals surface area contributed by atoms with Gasteiger partial charge in [0.2, 0.25) is 0 Å². The lowest BCUT2D eigenvalue weighted by Crippen LogP contribution is -2.53. The molecule has 4 unspecified atom stereocenters. The van der Waals surface area contributed by atoms with E-state index in [1.807, 2.05) is 0 Å². The van der Waals surface area contributed by atoms with Crippen molar-refractivity contribution in [3.63, 3.8) is 0 Å². The van der Waals surface area contributed by atoms with Gasteiger partial charge in [0.25, 0.3) is 0 Å². The Labute approximate surface area is 94.2 Å². The minimum absolute atomic E-state index is 0.437. The number of rotatable bonds is 1. The molecular formula is C13H26N2. The van der Waals surface area contributed by atoms with Gasteiger partial charge in [-0.25, -0.2) is 0 Å². The molecule has 0 aromatic rings. The summed E-state index contributed by atoms with van der Waals surface area (Å²) in [7, 11) is 0. The summed E-state index contributed by atoms with van der Waals surface area (Å²) in [6, 6.07) is 1.11. The molecule has 0 amide bonds. The molecule has 2 aliphatic rings. The molecule has 2 N–H and O–H groups in total. The van der Waals surface area contributed by atoms with E-state index in [1.165, 1.54) is 45.2 Å². The van der Waals surface area contributed by atoms with Crippen molar-refractivity contribution in [1.82, 2.24) is 4.90 Å². The molecule has 1 saturated carbocycles. The first-order valence-electron chi connectivity index (χ1n) is 6.66. The standard InChI is InChI=1S/C13H26N2/c1-10-5-6-12(14)13(8-10)15-7-3-4-11(2)9-15/h10-13H,3-9,14H2,1-2H3. The van der Waals surface area contributed by atoms with Crippen LogP contribution in [0.5, 0.6) is 0 Å². The quantitative estimate of drug-likeness (QED) is 0.719. The second kappa shape index (κ2) is 4.84. The molecule has 2 heteroatoms. The Balaban J connectivity index is 1.94. The van der Waals surface area contributed by atoms with E-state index in [2.05, 4.69) is 18.7 Å². The lowest BCUT2D eigenvalue weighted by molar-refractivity contribution is 0.0764. The Bertz CT molecular complexity index is 205. The van der Waals surface area contributed by atoms with Gasteiger partial charge in [0.15, 0.2) is 0 Å². The van der Waals surface area contributed by atoms with Crippen LogP contribution in [0.1, 0.15) is 46.0 Å². The van der Waals surface area contributed by atoms with Crippen LogP contribution in [0, 0.1) is 11.8 Å². The smallest absolute Gasteiger partial charge is 0.0249 e. The maximum atomic E-state index is 6.28. The van der Waals surface area contributed by atoms with E-state index in [4.69, 9.17) is 5.73 Å². The van der Waals surface area contributed by atoms with Gasteiger partial charge < -0.3 is 5.73 Å². The summed E-state index contributed by atoms with van der Waals surface area (Å²) in [5, 5.41) is 0. The summed E-state index contributed by atoms with van der Waals surface area (Å²) < 4.78 is 0. The predicted octanol–water partition coefficient (Wildman–Crippen LogP) is 2.23. The fourth-order valence-corrected chi connectivity index (χ4v) is 3.32. The van der Waals surface area contributed by atoms with Crippen molar-refractivity contribution in [2.75, 3.05) is 13.1 Å². The van der Waals surface area contributed by atoms with Crippen molar-refractivity contribution < 1.29 is 0 Å². The van der Waals surface area contributed by atoms with Crippen molar-refractivity contribution >= 4 is 0 Å². The molecule has 4 atom stereocenters. The van der Waals surface area contributed by atoms with Crippen molar-refractivity contribution in [3.8, 4) is 0 Å². The van der Waals surface area contributed by atoms with Gasteiger partial charge >= 0.3 is 0 Å². The fourth-order valence-electron chi connectivity index (χ4n) is 3.32. The third-order valence-electron chi connectivity index (χ3n) is 4.29. The van der Waals surface area contributed by atoms with Crippen LogP contribution in [0.15, 0.2) is 0 Å². The Kier molecular flexibility index (Phi) is 3.68. The predicted molar refractivity (Wildman–Crippen MR) is 64.7 cm³/mol. The third-order valence-corrected chi connectivity index (χ3v) is 4.29. The first-order chi connectivity index (χ1) is 7.16. The Hall–Kier alpha value is -0.0800. The second-order valence-electron chi connectivity index (χ2n) is 5.89.